The minimum Gasteiger partial charge on any atom is -0.329 e. The molecular formula is C14H19ClN2O3S. The van der Waals surface area contributed by atoms with Crippen LogP contribution >= 0.6 is 12.4 Å². The molecule has 0 saturated carbocycles. The molecule has 0 aliphatic carbocycles. The zero-order valence-corrected chi connectivity index (χ0v) is 13.7. The number of carbonyl (C=O) groups excluding carboxylic acids is 1. The van der Waals surface area contributed by atoms with Gasteiger partial charge in [-0.15, -0.1) is 12.4 Å². The van der Waals surface area contributed by atoms with Crippen molar-refractivity contribution in [2.24, 2.45) is 0 Å². The van der Waals surface area contributed by atoms with Gasteiger partial charge in [0.15, 0.2) is 0 Å². The van der Waals surface area contributed by atoms with Gasteiger partial charge in [-0.1, -0.05) is 18.2 Å². The second-order valence-corrected chi connectivity index (χ2v) is 8.04. The van der Waals surface area contributed by atoms with Gasteiger partial charge in [0.05, 0.1) is 11.3 Å². The Kier molecular flexibility index (Phi) is 4.33. The van der Waals surface area contributed by atoms with Gasteiger partial charge in [-0.25, -0.2) is 8.42 Å². The molecule has 1 aromatic carbocycles. The third kappa shape index (κ3) is 2.45. The van der Waals surface area contributed by atoms with E-state index in [-0.39, 0.29) is 24.4 Å². The number of nitrogens with zero attached hydrogens (tertiary/aromatic N) is 2. The summed E-state index contributed by atoms with van der Waals surface area (Å²) < 4.78 is 26.1. The molecule has 1 atom stereocenters. The van der Waals surface area contributed by atoms with E-state index >= 15 is 0 Å². The van der Waals surface area contributed by atoms with Gasteiger partial charge in [-0.3, -0.25) is 4.79 Å². The van der Waals surface area contributed by atoms with Crippen LogP contribution in [-0.2, 0) is 10.0 Å². The monoisotopic (exact) mass is 330 g/mol. The number of hydrogen-bond acceptors (Lipinski definition) is 3. The molecule has 1 fully saturated rings. The summed E-state index contributed by atoms with van der Waals surface area (Å²) in [6.07, 6.45) is 0. The molecule has 0 unspecified atom stereocenters. The van der Waals surface area contributed by atoms with E-state index in [4.69, 9.17) is 0 Å². The maximum Gasteiger partial charge on any atom is 0.254 e. The Bertz CT molecular complexity index is 660. The molecule has 116 valence electrons. The largest absolute Gasteiger partial charge is 0.329 e. The molecule has 0 spiro atoms. The lowest BCUT2D eigenvalue weighted by Crippen LogP contribution is -2.51. The molecular weight excluding hydrogens is 312 g/mol. The molecule has 7 heteroatoms. The summed E-state index contributed by atoms with van der Waals surface area (Å²) in [6.45, 7) is 4.59. The molecule has 0 N–H and O–H groups in total. The molecule has 1 amide bonds. The van der Waals surface area contributed by atoms with E-state index in [1.54, 1.807) is 18.7 Å². The van der Waals surface area contributed by atoms with Crippen LogP contribution in [0.5, 0.6) is 0 Å². The van der Waals surface area contributed by atoms with Gasteiger partial charge in [-0.2, -0.15) is 4.31 Å². The van der Waals surface area contributed by atoms with Gasteiger partial charge >= 0.3 is 0 Å². The van der Waals surface area contributed by atoms with E-state index < -0.39 is 15.3 Å². The Labute approximate surface area is 131 Å². The van der Waals surface area contributed by atoms with E-state index in [1.807, 2.05) is 24.3 Å². The minimum absolute atomic E-state index is 0. The standard InChI is InChI=1S/C14H18N2O3S.ClH/c1-10(2)20(18,19)15-7-8-16-13(9-15)11-5-3-4-6-12(11)14(16)17;/h3-6,10,13H,7-9H2,1-2H3;1H/t13-;/m1./s1. The minimum atomic E-state index is -3.26. The molecule has 0 bridgehead atoms. The SMILES string of the molecule is CC(C)S(=O)(=O)N1CCN2C(=O)c3ccccc3[C@H]2C1.Cl. The fraction of sp³-hybridized carbons (Fsp3) is 0.500. The number of benzene rings is 1. The number of amides is 1. The molecule has 5 nitrogen and oxygen atoms in total. The van der Waals surface area contributed by atoms with Crippen LogP contribution in [0.2, 0.25) is 0 Å². The van der Waals surface area contributed by atoms with Crippen LogP contribution in [0, 0.1) is 0 Å². The Morgan fingerprint density at radius 3 is 2.52 bits per heavy atom. The number of piperazine rings is 1. The molecule has 21 heavy (non-hydrogen) atoms. The number of halogens is 1. The van der Waals surface area contributed by atoms with Crippen molar-refractivity contribution in [3.05, 3.63) is 35.4 Å². The van der Waals surface area contributed by atoms with Gasteiger partial charge < -0.3 is 4.90 Å². The van der Waals surface area contributed by atoms with Gasteiger partial charge in [-0.05, 0) is 25.5 Å². The molecule has 3 rings (SSSR count). The molecule has 2 heterocycles. The van der Waals surface area contributed by atoms with Gasteiger partial charge in [0.25, 0.3) is 5.91 Å². The van der Waals surface area contributed by atoms with Crippen LogP contribution in [0.25, 0.3) is 0 Å². The van der Waals surface area contributed by atoms with Crippen molar-refractivity contribution in [3.63, 3.8) is 0 Å². The maximum absolute atomic E-state index is 12.3. The zero-order chi connectivity index (χ0) is 14.5. The van der Waals surface area contributed by atoms with Gasteiger partial charge in [0.1, 0.15) is 0 Å². The van der Waals surface area contributed by atoms with Crippen LogP contribution in [0.1, 0.15) is 35.8 Å². The van der Waals surface area contributed by atoms with E-state index in [2.05, 4.69) is 0 Å². The first-order valence-electron chi connectivity index (χ1n) is 6.82. The number of sulfonamides is 1. The highest BCUT2D eigenvalue weighted by atomic mass is 35.5. The van der Waals surface area contributed by atoms with E-state index in [0.717, 1.165) is 5.56 Å². The average Bonchev–Trinajstić information content (AvgIpc) is 2.72. The summed E-state index contributed by atoms with van der Waals surface area (Å²) in [4.78, 5) is 14.1. The van der Waals surface area contributed by atoms with E-state index in [9.17, 15) is 13.2 Å². The first-order valence-corrected chi connectivity index (χ1v) is 8.32. The number of carbonyl (C=O) groups is 1. The Morgan fingerprint density at radius 2 is 1.86 bits per heavy atom. The van der Waals surface area contributed by atoms with Gasteiger partial charge in [0, 0.05) is 25.2 Å². The second-order valence-electron chi connectivity index (χ2n) is 5.55. The summed E-state index contributed by atoms with van der Waals surface area (Å²) in [5.41, 5.74) is 1.66. The lowest BCUT2D eigenvalue weighted by molar-refractivity contribution is 0.0628. The summed E-state index contributed by atoms with van der Waals surface area (Å²) in [6, 6.07) is 7.34. The highest BCUT2D eigenvalue weighted by molar-refractivity contribution is 7.89. The highest BCUT2D eigenvalue weighted by Crippen LogP contribution is 2.36. The predicted molar refractivity (Wildman–Crippen MR) is 83.1 cm³/mol. The molecule has 1 aromatic rings. The van der Waals surface area contributed by atoms with Crippen molar-refractivity contribution in [2.45, 2.75) is 25.1 Å². The van der Waals surface area contributed by atoms with Crippen molar-refractivity contribution in [1.82, 2.24) is 9.21 Å². The zero-order valence-electron chi connectivity index (χ0n) is 12.0. The van der Waals surface area contributed by atoms with Crippen molar-refractivity contribution in [2.75, 3.05) is 19.6 Å². The Hall–Kier alpha value is -1.11. The predicted octanol–water partition coefficient (Wildman–Crippen LogP) is 1.66. The third-order valence-corrected chi connectivity index (χ3v) is 6.35. The van der Waals surface area contributed by atoms with Crippen molar-refractivity contribution in [1.29, 1.82) is 0 Å². The third-order valence-electron chi connectivity index (χ3n) is 4.11. The van der Waals surface area contributed by atoms with Crippen LogP contribution in [-0.4, -0.2) is 48.4 Å². The maximum atomic E-state index is 12.3. The number of fused-ring (bicyclic) bond motifs is 3. The molecule has 2 aliphatic heterocycles. The van der Waals surface area contributed by atoms with Crippen LogP contribution in [0.3, 0.4) is 0 Å². The van der Waals surface area contributed by atoms with Crippen LogP contribution in [0.15, 0.2) is 24.3 Å². The van der Waals surface area contributed by atoms with E-state index in [0.29, 0.717) is 25.2 Å². The summed E-state index contributed by atoms with van der Waals surface area (Å²) >= 11 is 0. The topological polar surface area (TPSA) is 57.7 Å². The fourth-order valence-electron chi connectivity index (χ4n) is 2.93. The quantitative estimate of drug-likeness (QED) is 0.828. The van der Waals surface area contributed by atoms with Crippen molar-refractivity contribution < 1.29 is 13.2 Å². The van der Waals surface area contributed by atoms with Crippen LogP contribution < -0.4 is 0 Å². The highest BCUT2D eigenvalue weighted by Gasteiger charge is 2.43. The van der Waals surface area contributed by atoms with Gasteiger partial charge in [0.2, 0.25) is 10.0 Å². The van der Waals surface area contributed by atoms with Crippen molar-refractivity contribution >= 4 is 28.3 Å². The molecule has 2 aliphatic rings. The Morgan fingerprint density at radius 1 is 1.19 bits per heavy atom. The van der Waals surface area contributed by atoms with Crippen molar-refractivity contribution in [3.8, 4) is 0 Å². The fourth-order valence-corrected chi connectivity index (χ4v) is 4.21. The summed E-state index contributed by atoms with van der Waals surface area (Å²) in [5.74, 6) is 0.0206. The molecule has 1 saturated heterocycles. The Balaban J connectivity index is 0.00000161. The summed E-state index contributed by atoms with van der Waals surface area (Å²) in [5, 5.41) is -0.429. The summed E-state index contributed by atoms with van der Waals surface area (Å²) in [7, 11) is -3.26. The lowest BCUT2D eigenvalue weighted by Gasteiger charge is -2.37. The second kappa shape index (κ2) is 5.59. The molecule has 0 radical (unpaired) electrons. The number of rotatable bonds is 2. The number of hydrogen-bond donors (Lipinski definition) is 0. The lowest BCUT2D eigenvalue weighted by atomic mass is 10.0. The first kappa shape index (κ1) is 16.3. The molecule has 0 aromatic heterocycles. The normalized spacial score (nSPS) is 22.0. The smallest absolute Gasteiger partial charge is 0.254 e. The van der Waals surface area contributed by atoms with E-state index in [1.165, 1.54) is 4.31 Å². The average molecular weight is 331 g/mol. The van der Waals surface area contributed by atoms with Crippen LogP contribution in [0.4, 0.5) is 0 Å². The first-order chi connectivity index (χ1) is 9.43.